The molecule has 1 heterocycles. The van der Waals surface area contributed by atoms with E-state index in [1.54, 1.807) is 0 Å². The van der Waals surface area contributed by atoms with Crippen LogP contribution in [0.4, 0.5) is 0 Å². The summed E-state index contributed by atoms with van der Waals surface area (Å²) in [5.74, 6) is 0. The van der Waals surface area contributed by atoms with Gasteiger partial charge in [-0.25, -0.2) is 0 Å². The van der Waals surface area contributed by atoms with Crippen LogP contribution in [0.1, 0.15) is 26.7 Å². The first kappa shape index (κ1) is 13.9. The van der Waals surface area contributed by atoms with E-state index in [0.717, 1.165) is 12.6 Å². The van der Waals surface area contributed by atoms with Crippen molar-refractivity contribution >= 4 is 0 Å². The molecule has 0 amide bonds. The number of hydrogen-bond acceptors (Lipinski definition) is 3. The number of nitrogens with one attached hydrogen (secondary N) is 1. The minimum atomic E-state index is 0.379. The van der Waals surface area contributed by atoms with Gasteiger partial charge in [0, 0.05) is 25.7 Å². The Labute approximate surface area is 101 Å². The smallest absolute Gasteiger partial charge is 0.0223 e. The zero-order chi connectivity index (χ0) is 12.2. The van der Waals surface area contributed by atoms with Crippen LogP contribution < -0.4 is 5.32 Å². The first-order valence-corrected chi connectivity index (χ1v) is 6.48. The van der Waals surface area contributed by atoms with E-state index in [1.807, 2.05) is 7.05 Å². The number of likely N-dealkylation sites (tertiary alicyclic amines) is 1. The largest absolute Gasteiger partial charge is 0.319 e. The summed E-state index contributed by atoms with van der Waals surface area (Å²) in [6.07, 6.45) is 2.74. The van der Waals surface area contributed by atoms with Gasteiger partial charge in [-0.2, -0.15) is 0 Å². The molecule has 0 spiro atoms. The van der Waals surface area contributed by atoms with Crippen molar-refractivity contribution in [3.8, 4) is 0 Å². The highest BCUT2D eigenvalue weighted by Gasteiger charge is 2.29. The quantitative estimate of drug-likeness (QED) is 0.737. The molecule has 1 N–H and O–H groups in total. The minimum absolute atomic E-state index is 0.379. The van der Waals surface area contributed by atoms with Crippen molar-refractivity contribution in [1.29, 1.82) is 0 Å². The van der Waals surface area contributed by atoms with Crippen LogP contribution in [-0.4, -0.2) is 63.2 Å². The SMILES string of the molecule is CNCC(C)(C)CN1CCCC1CN(C)C. The maximum Gasteiger partial charge on any atom is 0.0223 e. The van der Waals surface area contributed by atoms with E-state index in [1.165, 1.54) is 32.5 Å². The fourth-order valence-electron chi connectivity index (χ4n) is 2.82. The van der Waals surface area contributed by atoms with Gasteiger partial charge in [0.2, 0.25) is 0 Å². The van der Waals surface area contributed by atoms with Gasteiger partial charge in [-0.15, -0.1) is 0 Å². The number of nitrogens with zero attached hydrogens (tertiary/aromatic N) is 2. The van der Waals surface area contributed by atoms with Gasteiger partial charge in [-0.05, 0) is 45.9 Å². The Hall–Kier alpha value is -0.120. The number of rotatable bonds is 6. The van der Waals surface area contributed by atoms with E-state index in [2.05, 4.69) is 43.1 Å². The summed E-state index contributed by atoms with van der Waals surface area (Å²) in [6, 6.07) is 0.770. The van der Waals surface area contributed by atoms with E-state index < -0.39 is 0 Å². The van der Waals surface area contributed by atoms with Crippen molar-refractivity contribution in [2.75, 3.05) is 47.3 Å². The predicted octanol–water partition coefficient (Wildman–Crippen LogP) is 1.26. The van der Waals surface area contributed by atoms with Gasteiger partial charge in [-0.1, -0.05) is 13.8 Å². The van der Waals surface area contributed by atoms with E-state index >= 15 is 0 Å². The Morgan fingerprint density at radius 2 is 2.06 bits per heavy atom. The third-order valence-electron chi connectivity index (χ3n) is 3.36. The average molecular weight is 227 g/mol. The second-order valence-corrected chi connectivity index (χ2v) is 6.22. The molecule has 3 heteroatoms. The van der Waals surface area contributed by atoms with Crippen LogP contribution in [0, 0.1) is 5.41 Å². The molecule has 1 fully saturated rings. The second kappa shape index (κ2) is 5.99. The Morgan fingerprint density at radius 3 is 2.62 bits per heavy atom. The Bertz CT molecular complexity index is 201. The molecule has 96 valence electrons. The summed E-state index contributed by atoms with van der Waals surface area (Å²) >= 11 is 0. The first-order chi connectivity index (χ1) is 7.44. The summed E-state index contributed by atoms with van der Waals surface area (Å²) in [7, 11) is 6.40. The van der Waals surface area contributed by atoms with Gasteiger partial charge < -0.3 is 10.2 Å². The zero-order valence-electron chi connectivity index (χ0n) is 11.7. The molecule has 1 unspecified atom stereocenters. The third-order valence-corrected chi connectivity index (χ3v) is 3.36. The van der Waals surface area contributed by atoms with Crippen LogP contribution in [0.5, 0.6) is 0 Å². The van der Waals surface area contributed by atoms with E-state index in [4.69, 9.17) is 0 Å². The molecule has 0 bridgehead atoms. The Kier molecular flexibility index (Phi) is 5.22. The lowest BCUT2D eigenvalue weighted by Crippen LogP contribution is -2.44. The van der Waals surface area contributed by atoms with E-state index in [-0.39, 0.29) is 0 Å². The number of likely N-dealkylation sites (N-methyl/N-ethyl adjacent to an activating group) is 1. The topological polar surface area (TPSA) is 18.5 Å². The maximum atomic E-state index is 3.30. The molecule has 1 saturated heterocycles. The molecule has 16 heavy (non-hydrogen) atoms. The van der Waals surface area contributed by atoms with Crippen LogP contribution in [0.3, 0.4) is 0 Å². The molecule has 0 aliphatic carbocycles. The standard InChI is InChI=1S/C13H29N3/c1-13(2,10-14-3)11-16-8-6-7-12(16)9-15(4)5/h12,14H,6-11H2,1-5H3. The Morgan fingerprint density at radius 1 is 1.38 bits per heavy atom. The lowest BCUT2D eigenvalue weighted by atomic mass is 9.92. The molecule has 0 aromatic heterocycles. The molecule has 1 atom stereocenters. The summed E-state index contributed by atoms with van der Waals surface area (Å²) in [5, 5.41) is 3.30. The van der Waals surface area contributed by atoms with Crippen molar-refractivity contribution in [2.24, 2.45) is 5.41 Å². The fraction of sp³-hybridized carbons (Fsp3) is 1.00. The first-order valence-electron chi connectivity index (χ1n) is 6.48. The fourth-order valence-corrected chi connectivity index (χ4v) is 2.82. The van der Waals surface area contributed by atoms with Crippen molar-refractivity contribution in [1.82, 2.24) is 15.1 Å². The van der Waals surface area contributed by atoms with Crippen molar-refractivity contribution in [3.63, 3.8) is 0 Å². The second-order valence-electron chi connectivity index (χ2n) is 6.22. The van der Waals surface area contributed by atoms with Crippen molar-refractivity contribution in [2.45, 2.75) is 32.7 Å². The molecule has 0 aromatic rings. The molecule has 1 rings (SSSR count). The van der Waals surface area contributed by atoms with Gasteiger partial charge in [0.15, 0.2) is 0 Å². The molecular weight excluding hydrogens is 198 g/mol. The highest BCUT2D eigenvalue weighted by atomic mass is 15.2. The normalized spacial score (nSPS) is 23.2. The lowest BCUT2D eigenvalue weighted by Gasteiger charge is -2.34. The molecular formula is C13H29N3. The highest BCUT2D eigenvalue weighted by molar-refractivity contribution is 4.85. The summed E-state index contributed by atoms with van der Waals surface area (Å²) in [5.41, 5.74) is 0.379. The maximum absolute atomic E-state index is 3.30. The van der Waals surface area contributed by atoms with Crippen molar-refractivity contribution in [3.05, 3.63) is 0 Å². The van der Waals surface area contributed by atoms with Crippen LogP contribution in [0.25, 0.3) is 0 Å². The predicted molar refractivity (Wildman–Crippen MR) is 70.9 cm³/mol. The summed E-state index contributed by atoms with van der Waals surface area (Å²) in [4.78, 5) is 4.99. The molecule has 3 nitrogen and oxygen atoms in total. The zero-order valence-corrected chi connectivity index (χ0v) is 11.7. The van der Waals surface area contributed by atoms with E-state index in [0.29, 0.717) is 5.41 Å². The van der Waals surface area contributed by atoms with Crippen LogP contribution >= 0.6 is 0 Å². The van der Waals surface area contributed by atoms with Gasteiger partial charge in [0.05, 0.1) is 0 Å². The van der Waals surface area contributed by atoms with Gasteiger partial charge >= 0.3 is 0 Å². The molecule has 0 saturated carbocycles. The van der Waals surface area contributed by atoms with Crippen molar-refractivity contribution < 1.29 is 0 Å². The van der Waals surface area contributed by atoms with Gasteiger partial charge in [0.1, 0.15) is 0 Å². The van der Waals surface area contributed by atoms with Gasteiger partial charge in [0.25, 0.3) is 0 Å². The Balaban J connectivity index is 2.45. The van der Waals surface area contributed by atoms with Crippen LogP contribution in [0.2, 0.25) is 0 Å². The lowest BCUT2D eigenvalue weighted by molar-refractivity contribution is 0.144. The average Bonchev–Trinajstić information content (AvgIpc) is 2.50. The summed E-state index contributed by atoms with van der Waals surface area (Å²) < 4.78 is 0. The van der Waals surface area contributed by atoms with Gasteiger partial charge in [-0.3, -0.25) is 4.90 Å². The summed E-state index contributed by atoms with van der Waals surface area (Å²) in [6.45, 7) is 9.51. The molecule has 1 aliphatic rings. The van der Waals surface area contributed by atoms with E-state index in [9.17, 15) is 0 Å². The minimum Gasteiger partial charge on any atom is -0.319 e. The third kappa shape index (κ3) is 4.40. The molecule has 1 aliphatic heterocycles. The van der Waals surface area contributed by atoms with Crippen LogP contribution in [-0.2, 0) is 0 Å². The monoisotopic (exact) mass is 227 g/mol. The van der Waals surface area contributed by atoms with Crippen LogP contribution in [0.15, 0.2) is 0 Å². The molecule has 0 radical (unpaired) electrons. The number of hydrogen-bond donors (Lipinski definition) is 1. The highest BCUT2D eigenvalue weighted by Crippen LogP contribution is 2.24. The molecule has 0 aromatic carbocycles.